The van der Waals surface area contributed by atoms with Crippen molar-refractivity contribution in [1.82, 2.24) is 0 Å². The van der Waals surface area contributed by atoms with Gasteiger partial charge in [0.2, 0.25) is 0 Å². The molecule has 7 aromatic carbocycles. The van der Waals surface area contributed by atoms with Crippen molar-refractivity contribution >= 4 is 55.7 Å². The Morgan fingerprint density at radius 3 is 1.10 bits per heavy atom. The molecule has 41 heavy (non-hydrogen) atoms. The largest absolute Gasteiger partial charge is 0.310 e. The molecule has 0 aromatic heterocycles. The fourth-order valence-corrected chi connectivity index (χ4v) is 5.55. The van der Waals surface area contributed by atoms with E-state index in [1.54, 1.807) is 0 Å². The van der Waals surface area contributed by atoms with Gasteiger partial charge in [-0.2, -0.15) is 0 Å². The number of aryl methyl sites for hydroxylation is 1. The lowest BCUT2D eigenvalue weighted by Gasteiger charge is -2.28. The predicted octanol–water partition coefficient (Wildman–Crippen LogP) is 11.2. The van der Waals surface area contributed by atoms with Crippen molar-refractivity contribution in [1.29, 1.82) is 0 Å². The number of rotatable bonds is 6. The predicted molar refractivity (Wildman–Crippen MR) is 176 cm³/mol. The van der Waals surface area contributed by atoms with Gasteiger partial charge in [0.05, 0.1) is 0 Å². The van der Waals surface area contributed by atoms with Gasteiger partial charge in [-0.05, 0) is 101 Å². The number of fused-ring (bicyclic) bond motifs is 2. The second kappa shape index (κ2) is 10.7. The Kier molecular flexibility index (Phi) is 6.42. The van der Waals surface area contributed by atoms with E-state index in [4.69, 9.17) is 0 Å². The summed E-state index contributed by atoms with van der Waals surface area (Å²) in [6, 6.07) is 58.6. The fraction of sp³-hybridized carbons (Fsp3) is 0.0256. The summed E-state index contributed by atoms with van der Waals surface area (Å²) in [4.78, 5) is 4.65. The van der Waals surface area contributed by atoms with Gasteiger partial charge in [-0.25, -0.2) is 0 Å². The Balaban J connectivity index is 1.33. The summed E-state index contributed by atoms with van der Waals surface area (Å²) < 4.78 is 0. The van der Waals surface area contributed by atoms with E-state index in [9.17, 15) is 0 Å². The molecular formula is C39H30N2. The first-order valence-electron chi connectivity index (χ1n) is 14.0. The normalized spacial score (nSPS) is 11.0. The van der Waals surface area contributed by atoms with Crippen LogP contribution >= 0.6 is 0 Å². The molecule has 0 aliphatic heterocycles. The average Bonchev–Trinajstić information content (AvgIpc) is 3.03. The second-order valence-corrected chi connectivity index (χ2v) is 10.4. The summed E-state index contributed by atoms with van der Waals surface area (Å²) in [6.45, 7) is 2.13. The Morgan fingerprint density at radius 1 is 0.293 bits per heavy atom. The van der Waals surface area contributed by atoms with Gasteiger partial charge in [0.1, 0.15) is 0 Å². The van der Waals surface area contributed by atoms with Crippen molar-refractivity contribution in [3.05, 3.63) is 169 Å². The van der Waals surface area contributed by atoms with Gasteiger partial charge in [0.25, 0.3) is 0 Å². The zero-order chi connectivity index (χ0) is 27.6. The summed E-state index contributed by atoms with van der Waals surface area (Å²) in [6.07, 6.45) is 0. The molecule has 0 saturated carbocycles. The van der Waals surface area contributed by atoms with Crippen molar-refractivity contribution in [2.45, 2.75) is 6.92 Å². The van der Waals surface area contributed by atoms with E-state index in [0.717, 1.165) is 34.1 Å². The summed E-state index contributed by atoms with van der Waals surface area (Å²) in [7, 11) is 0. The van der Waals surface area contributed by atoms with Crippen molar-refractivity contribution in [2.75, 3.05) is 9.80 Å². The smallest absolute Gasteiger partial charge is 0.0468 e. The fourth-order valence-electron chi connectivity index (χ4n) is 5.55. The Hall–Kier alpha value is -5.34. The van der Waals surface area contributed by atoms with Crippen LogP contribution in [0.2, 0.25) is 0 Å². The van der Waals surface area contributed by atoms with Crippen LogP contribution in [0.4, 0.5) is 34.1 Å². The van der Waals surface area contributed by atoms with Crippen LogP contribution < -0.4 is 9.80 Å². The van der Waals surface area contributed by atoms with E-state index in [0.29, 0.717) is 0 Å². The number of para-hydroxylation sites is 1. The number of benzene rings is 7. The third-order valence-electron chi connectivity index (χ3n) is 7.66. The third kappa shape index (κ3) is 4.92. The molecule has 196 valence electrons. The van der Waals surface area contributed by atoms with Crippen LogP contribution in [0, 0.1) is 6.92 Å². The number of anilines is 6. The van der Waals surface area contributed by atoms with Gasteiger partial charge < -0.3 is 9.80 Å². The first-order chi connectivity index (χ1) is 20.2. The minimum atomic E-state index is 1.11. The van der Waals surface area contributed by atoms with Crippen molar-refractivity contribution in [3.8, 4) is 0 Å². The molecule has 0 heterocycles. The lowest BCUT2D eigenvalue weighted by molar-refractivity contribution is 1.26. The molecule has 0 spiro atoms. The van der Waals surface area contributed by atoms with Gasteiger partial charge in [-0.3, -0.25) is 0 Å². The highest BCUT2D eigenvalue weighted by Gasteiger charge is 2.16. The first kappa shape index (κ1) is 24.7. The lowest BCUT2D eigenvalue weighted by Crippen LogP contribution is -2.12. The van der Waals surface area contributed by atoms with Gasteiger partial charge >= 0.3 is 0 Å². The molecule has 0 atom stereocenters. The number of nitrogens with zero attached hydrogens (tertiary/aromatic N) is 2. The van der Waals surface area contributed by atoms with E-state index in [2.05, 4.69) is 181 Å². The van der Waals surface area contributed by atoms with Crippen LogP contribution in [0.3, 0.4) is 0 Å². The Morgan fingerprint density at radius 2 is 0.634 bits per heavy atom. The molecule has 0 saturated heterocycles. The standard InChI is InChI=1S/C39H30N2/c1-29-15-19-35(20-16-29)41(39-22-18-31-10-6-8-12-33(31)28-39)37-25-23-36(24-26-37)40(34-13-3-2-4-14-34)38-21-17-30-9-5-7-11-32(30)27-38/h2-28H,1H3. The lowest BCUT2D eigenvalue weighted by atomic mass is 10.1. The van der Waals surface area contributed by atoms with Crippen molar-refractivity contribution in [2.24, 2.45) is 0 Å². The topological polar surface area (TPSA) is 6.48 Å². The average molecular weight is 527 g/mol. The van der Waals surface area contributed by atoms with Crippen LogP contribution in [0.1, 0.15) is 5.56 Å². The minimum Gasteiger partial charge on any atom is -0.310 e. The molecule has 0 fully saturated rings. The zero-order valence-corrected chi connectivity index (χ0v) is 23.0. The van der Waals surface area contributed by atoms with Crippen LogP contribution in [-0.4, -0.2) is 0 Å². The molecular weight excluding hydrogens is 496 g/mol. The van der Waals surface area contributed by atoms with E-state index in [1.807, 2.05) is 0 Å². The molecule has 0 radical (unpaired) electrons. The van der Waals surface area contributed by atoms with Crippen LogP contribution in [0.25, 0.3) is 21.5 Å². The molecule has 0 N–H and O–H groups in total. The molecule has 0 bridgehead atoms. The zero-order valence-electron chi connectivity index (χ0n) is 23.0. The maximum absolute atomic E-state index is 2.33. The molecule has 7 aromatic rings. The maximum Gasteiger partial charge on any atom is 0.0468 e. The van der Waals surface area contributed by atoms with Crippen molar-refractivity contribution < 1.29 is 0 Å². The highest BCUT2D eigenvalue weighted by atomic mass is 15.2. The van der Waals surface area contributed by atoms with E-state index >= 15 is 0 Å². The second-order valence-electron chi connectivity index (χ2n) is 10.4. The molecule has 2 heteroatoms. The van der Waals surface area contributed by atoms with Gasteiger partial charge in [-0.15, -0.1) is 0 Å². The minimum absolute atomic E-state index is 1.11. The summed E-state index contributed by atoms with van der Waals surface area (Å²) in [5.41, 5.74) is 7.99. The van der Waals surface area contributed by atoms with Gasteiger partial charge in [-0.1, -0.05) is 96.6 Å². The van der Waals surface area contributed by atoms with Crippen molar-refractivity contribution in [3.63, 3.8) is 0 Å². The molecule has 0 aliphatic rings. The van der Waals surface area contributed by atoms with Gasteiger partial charge in [0.15, 0.2) is 0 Å². The highest BCUT2D eigenvalue weighted by Crippen LogP contribution is 2.40. The summed E-state index contributed by atoms with van der Waals surface area (Å²) >= 11 is 0. The third-order valence-corrected chi connectivity index (χ3v) is 7.66. The van der Waals surface area contributed by atoms with Crippen LogP contribution in [0.5, 0.6) is 0 Å². The highest BCUT2D eigenvalue weighted by molar-refractivity contribution is 5.91. The van der Waals surface area contributed by atoms with E-state index in [-0.39, 0.29) is 0 Å². The molecule has 0 amide bonds. The SMILES string of the molecule is Cc1ccc(N(c2ccc(N(c3ccccc3)c3ccc4ccccc4c3)cc2)c2ccc3ccccc3c2)cc1. The monoisotopic (exact) mass is 526 g/mol. The maximum atomic E-state index is 2.33. The Bertz CT molecular complexity index is 1940. The molecule has 7 rings (SSSR count). The number of hydrogen-bond donors (Lipinski definition) is 0. The van der Waals surface area contributed by atoms with Crippen LogP contribution in [0.15, 0.2) is 164 Å². The van der Waals surface area contributed by atoms with Gasteiger partial charge in [0, 0.05) is 34.1 Å². The molecule has 0 unspecified atom stereocenters. The summed E-state index contributed by atoms with van der Waals surface area (Å²) in [5, 5.41) is 4.93. The first-order valence-corrected chi connectivity index (χ1v) is 14.0. The number of hydrogen-bond acceptors (Lipinski definition) is 2. The Labute approximate surface area is 241 Å². The molecule has 2 nitrogen and oxygen atoms in total. The summed E-state index contributed by atoms with van der Waals surface area (Å²) in [5.74, 6) is 0. The quantitative estimate of drug-likeness (QED) is 0.213. The molecule has 0 aliphatic carbocycles. The van der Waals surface area contributed by atoms with Crippen LogP contribution in [-0.2, 0) is 0 Å². The van der Waals surface area contributed by atoms with E-state index < -0.39 is 0 Å². The van der Waals surface area contributed by atoms with E-state index in [1.165, 1.54) is 27.1 Å².